The van der Waals surface area contributed by atoms with Crippen LogP contribution in [-0.2, 0) is 14.8 Å². The van der Waals surface area contributed by atoms with Gasteiger partial charge in [-0.25, -0.2) is 18.6 Å². The molecule has 0 radical (unpaired) electrons. The number of nitrogens with one attached hydrogen (secondary N) is 2. The van der Waals surface area contributed by atoms with Gasteiger partial charge < -0.3 is 4.52 Å². The number of rotatable bonds is 6. The predicted octanol–water partition coefficient (Wildman–Crippen LogP) is 2.28. The molecule has 150 valence electrons. The van der Waals surface area contributed by atoms with Crippen molar-refractivity contribution in [3.8, 4) is 0 Å². The Morgan fingerprint density at radius 3 is 2.56 bits per heavy atom. The lowest BCUT2D eigenvalue weighted by molar-refractivity contribution is -0.120. The maximum absolute atomic E-state index is 12.3. The minimum atomic E-state index is -3.76. The van der Waals surface area contributed by atoms with Gasteiger partial charge in [0.2, 0.25) is 15.9 Å². The van der Waals surface area contributed by atoms with Crippen LogP contribution in [0.5, 0.6) is 0 Å². The van der Waals surface area contributed by atoms with E-state index >= 15 is 0 Å². The molecule has 8 nitrogen and oxygen atoms in total. The van der Waals surface area contributed by atoms with Crippen molar-refractivity contribution in [1.29, 1.82) is 0 Å². The number of aromatic nitrogens is 1. The van der Waals surface area contributed by atoms with Crippen LogP contribution < -0.4 is 10.1 Å². The zero-order chi connectivity index (χ0) is 20.0. The maximum atomic E-state index is 12.3. The summed E-state index contributed by atoms with van der Waals surface area (Å²) in [5.41, 5.74) is 4.16. The second kappa shape index (κ2) is 6.70. The molecule has 9 heteroatoms. The lowest BCUT2D eigenvalue weighted by Gasteiger charge is -2.34. The van der Waals surface area contributed by atoms with E-state index in [-0.39, 0.29) is 40.4 Å². The summed E-state index contributed by atoms with van der Waals surface area (Å²) in [6, 6.07) is 0. The zero-order valence-electron chi connectivity index (χ0n) is 16.5. The van der Waals surface area contributed by atoms with Gasteiger partial charge in [-0.2, -0.15) is 5.10 Å². The summed E-state index contributed by atoms with van der Waals surface area (Å²) >= 11 is 0. The molecule has 0 spiro atoms. The number of hydrogen-bond acceptors (Lipinski definition) is 6. The SMILES string of the molecule is Cc1noc(C)c1S(=O)(=O)NCCC(=O)N/N=C1\C[C@@H]2CC[C@]1(C)C2(C)C. The molecule has 0 saturated heterocycles. The zero-order valence-corrected chi connectivity index (χ0v) is 17.4. The van der Waals surface area contributed by atoms with Gasteiger partial charge in [0.25, 0.3) is 0 Å². The fourth-order valence-corrected chi connectivity index (χ4v) is 5.87. The molecule has 1 aromatic rings. The van der Waals surface area contributed by atoms with E-state index in [2.05, 4.69) is 41.2 Å². The first kappa shape index (κ1) is 20.0. The third-order valence-electron chi connectivity index (χ3n) is 6.71. The Kier molecular flexibility index (Phi) is 4.96. The molecular weight excluding hydrogens is 368 g/mol. The lowest BCUT2D eigenvalue weighted by atomic mass is 9.70. The summed E-state index contributed by atoms with van der Waals surface area (Å²) in [5, 5.41) is 8.03. The molecule has 2 atom stereocenters. The topological polar surface area (TPSA) is 114 Å². The van der Waals surface area contributed by atoms with E-state index in [1.54, 1.807) is 6.92 Å². The van der Waals surface area contributed by atoms with Crippen molar-refractivity contribution in [2.24, 2.45) is 21.8 Å². The van der Waals surface area contributed by atoms with Crippen LogP contribution in [0.1, 0.15) is 57.9 Å². The summed E-state index contributed by atoms with van der Waals surface area (Å²) in [6.07, 6.45) is 3.22. The Hall–Kier alpha value is -1.74. The van der Waals surface area contributed by atoms with Crippen molar-refractivity contribution >= 4 is 21.6 Å². The molecule has 3 rings (SSSR count). The van der Waals surface area contributed by atoms with E-state index in [0.717, 1.165) is 18.6 Å². The highest BCUT2D eigenvalue weighted by Gasteiger charge is 2.60. The van der Waals surface area contributed by atoms with Gasteiger partial charge in [-0.15, -0.1) is 0 Å². The molecule has 0 aliphatic heterocycles. The third kappa shape index (κ3) is 3.31. The standard InChI is InChI=1S/C18H28N4O4S/c1-11-16(12(2)26-22-11)27(24,25)19-9-7-15(23)21-20-14-10-13-6-8-18(14,5)17(13,3)4/h13,19H,6-10H2,1-5H3,(H,21,23)/b20-14+/t13-,18-/m0/s1. The van der Waals surface area contributed by atoms with Crippen molar-refractivity contribution < 1.29 is 17.7 Å². The number of nitrogens with zero attached hydrogens (tertiary/aromatic N) is 2. The number of aryl methyl sites for hydroxylation is 2. The van der Waals surface area contributed by atoms with Gasteiger partial charge in [-0.05, 0) is 44.4 Å². The van der Waals surface area contributed by atoms with Gasteiger partial charge in [0, 0.05) is 24.1 Å². The van der Waals surface area contributed by atoms with Crippen LogP contribution in [-0.4, -0.2) is 31.7 Å². The summed E-state index contributed by atoms with van der Waals surface area (Å²) < 4.78 is 31.9. The van der Waals surface area contributed by atoms with Gasteiger partial charge in [0.05, 0.1) is 0 Å². The molecule has 2 aliphatic carbocycles. The average Bonchev–Trinajstić information content (AvgIpc) is 3.09. The highest BCUT2D eigenvalue weighted by atomic mass is 32.2. The van der Waals surface area contributed by atoms with Crippen LogP contribution in [0, 0.1) is 30.6 Å². The summed E-state index contributed by atoms with van der Waals surface area (Å²) in [5.74, 6) is 0.524. The van der Waals surface area contributed by atoms with Gasteiger partial charge in [-0.3, -0.25) is 4.79 Å². The van der Waals surface area contributed by atoms with E-state index in [1.807, 2.05) is 0 Å². The van der Waals surface area contributed by atoms with Crippen LogP contribution in [0.25, 0.3) is 0 Å². The van der Waals surface area contributed by atoms with Crippen molar-refractivity contribution in [3.05, 3.63) is 11.5 Å². The molecular formula is C18H28N4O4S. The molecule has 0 aromatic carbocycles. The first-order valence-corrected chi connectivity index (χ1v) is 10.8. The Morgan fingerprint density at radius 2 is 2.04 bits per heavy atom. The molecule has 1 aromatic heterocycles. The fraction of sp³-hybridized carbons (Fsp3) is 0.722. The monoisotopic (exact) mass is 396 g/mol. The fourth-order valence-electron chi connectivity index (χ4n) is 4.51. The number of amides is 1. The van der Waals surface area contributed by atoms with Crippen LogP contribution in [0.4, 0.5) is 0 Å². The number of fused-ring (bicyclic) bond motifs is 2. The third-order valence-corrected chi connectivity index (χ3v) is 8.41. The van der Waals surface area contributed by atoms with Gasteiger partial charge in [0.15, 0.2) is 5.76 Å². The summed E-state index contributed by atoms with van der Waals surface area (Å²) in [7, 11) is -3.76. The first-order valence-electron chi connectivity index (χ1n) is 9.27. The van der Waals surface area contributed by atoms with E-state index in [1.165, 1.54) is 13.3 Å². The highest BCUT2D eigenvalue weighted by Crippen LogP contribution is 2.63. The Labute approximate surface area is 160 Å². The van der Waals surface area contributed by atoms with Crippen LogP contribution in [0.2, 0.25) is 0 Å². The molecule has 2 bridgehead atoms. The quantitative estimate of drug-likeness (QED) is 0.716. The van der Waals surface area contributed by atoms with Crippen LogP contribution >= 0.6 is 0 Å². The number of hydrazone groups is 1. The molecule has 0 unspecified atom stereocenters. The summed E-state index contributed by atoms with van der Waals surface area (Å²) in [6.45, 7) is 9.86. The van der Waals surface area contributed by atoms with Crippen molar-refractivity contribution in [2.75, 3.05) is 6.54 Å². The van der Waals surface area contributed by atoms with Crippen molar-refractivity contribution in [2.45, 2.75) is 65.2 Å². The minimum absolute atomic E-state index is 0.00290. The van der Waals surface area contributed by atoms with Crippen LogP contribution in [0.3, 0.4) is 0 Å². The van der Waals surface area contributed by atoms with Crippen molar-refractivity contribution in [3.63, 3.8) is 0 Å². The van der Waals surface area contributed by atoms with E-state index < -0.39 is 10.0 Å². The van der Waals surface area contributed by atoms with Crippen molar-refractivity contribution in [1.82, 2.24) is 15.3 Å². The van der Waals surface area contributed by atoms with E-state index in [0.29, 0.717) is 11.6 Å². The molecule has 2 saturated carbocycles. The minimum Gasteiger partial charge on any atom is -0.360 e. The Balaban J connectivity index is 1.54. The summed E-state index contributed by atoms with van der Waals surface area (Å²) in [4.78, 5) is 12.1. The van der Waals surface area contributed by atoms with Gasteiger partial charge >= 0.3 is 0 Å². The highest BCUT2D eigenvalue weighted by molar-refractivity contribution is 7.89. The molecule has 2 aliphatic rings. The molecule has 2 fully saturated rings. The lowest BCUT2D eigenvalue weighted by Crippen LogP contribution is -2.35. The smallest absolute Gasteiger partial charge is 0.245 e. The second-order valence-electron chi connectivity index (χ2n) is 8.39. The van der Waals surface area contributed by atoms with Crippen LogP contribution in [0.15, 0.2) is 14.5 Å². The Morgan fingerprint density at radius 1 is 1.33 bits per heavy atom. The normalized spacial score (nSPS) is 28.0. The number of hydrogen-bond donors (Lipinski definition) is 2. The number of sulfonamides is 1. The van der Waals surface area contributed by atoms with Gasteiger partial charge in [0.1, 0.15) is 10.6 Å². The second-order valence-corrected chi connectivity index (χ2v) is 10.1. The maximum Gasteiger partial charge on any atom is 0.245 e. The number of carbonyl (C=O) groups is 1. The largest absolute Gasteiger partial charge is 0.360 e. The predicted molar refractivity (Wildman–Crippen MR) is 101 cm³/mol. The first-order chi connectivity index (χ1) is 12.5. The number of carbonyl (C=O) groups excluding carboxylic acids is 1. The van der Waals surface area contributed by atoms with E-state index in [4.69, 9.17) is 4.52 Å². The molecule has 1 heterocycles. The van der Waals surface area contributed by atoms with E-state index in [9.17, 15) is 13.2 Å². The molecule has 27 heavy (non-hydrogen) atoms. The van der Waals surface area contributed by atoms with Gasteiger partial charge in [-0.1, -0.05) is 25.9 Å². The molecule has 1 amide bonds. The molecule has 2 N–H and O–H groups in total. The average molecular weight is 397 g/mol. The Bertz CT molecular complexity index is 868.